The predicted molar refractivity (Wildman–Crippen MR) is 96.9 cm³/mol. The lowest BCUT2D eigenvalue weighted by Crippen LogP contribution is -2.38. The lowest BCUT2D eigenvalue weighted by molar-refractivity contribution is -0.119. The highest BCUT2D eigenvalue weighted by atomic mass is 35.5. The van der Waals surface area contributed by atoms with Crippen LogP contribution in [0, 0.1) is 0 Å². The van der Waals surface area contributed by atoms with Crippen molar-refractivity contribution < 1.29 is 13.2 Å². The molecule has 0 aromatic heterocycles. The van der Waals surface area contributed by atoms with Gasteiger partial charge in [0.25, 0.3) is 0 Å². The second-order valence-corrected chi connectivity index (χ2v) is 8.07. The van der Waals surface area contributed by atoms with Gasteiger partial charge in [0.1, 0.15) is 6.04 Å². The van der Waals surface area contributed by atoms with E-state index in [0.29, 0.717) is 21.3 Å². The Morgan fingerprint density at radius 2 is 1.71 bits per heavy atom. The predicted octanol–water partition coefficient (Wildman–Crippen LogP) is 3.56. The number of hydrogen-bond acceptors (Lipinski definition) is 3. The summed E-state index contributed by atoms with van der Waals surface area (Å²) in [5, 5.41) is 3.33. The quantitative estimate of drug-likeness (QED) is 0.853. The molecule has 0 saturated carbocycles. The first-order valence-electron chi connectivity index (χ1n) is 6.94. The van der Waals surface area contributed by atoms with Crippen LogP contribution >= 0.6 is 23.2 Å². The summed E-state index contributed by atoms with van der Waals surface area (Å²) in [4.78, 5) is 12.7. The molecule has 5 nitrogen and oxygen atoms in total. The van der Waals surface area contributed by atoms with Crippen molar-refractivity contribution in [3.63, 3.8) is 0 Å². The summed E-state index contributed by atoms with van der Waals surface area (Å²) in [7, 11) is -2.21. The van der Waals surface area contributed by atoms with Gasteiger partial charge in [-0.25, -0.2) is 8.42 Å². The third-order valence-electron chi connectivity index (χ3n) is 3.44. The van der Waals surface area contributed by atoms with E-state index in [9.17, 15) is 13.2 Å². The highest BCUT2D eigenvalue weighted by molar-refractivity contribution is 7.88. The van der Waals surface area contributed by atoms with E-state index in [1.807, 2.05) is 0 Å². The maximum atomic E-state index is 12.7. The molecule has 0 aliphatic carbocycles. The largest absolute Gasteiger partial charge is 0.324 e. The number of sulfonamides is 1. The average molecular weight is 387 g/mol. The summed E-state index contributed by atoms with van der Waals surface area (Å²) in [5.74, 6) is -0.493. The molecule has 0 aliphatic heterocycles. The van der Waals surface area contributed by atoms with Crippen LogP contribution in [-0.2, 0) is 14.8 Å². The van der Waals surface area contributed by atoms with Crippen LogP contribution in [-0.4, -0.2) is 31.9 Å². The molecule has 0 saturated heterocycles. The summed E-state index contributed by atoms with van der Waals surface area (Å²) in [6, 6.07) is 12.3. The molecule has 0 spiro atoms. The molecule has 1 N–H and O–H groups in total. The minimum absolute atomic E-state index is 0.294. The molecule has 0 aliphatic rings. The molecule has 0 radical (unpaired) electrons. The molecule has 0 unspecified atom stereocenters. The van der Waals surface area contributed by atoms with Gasteiger partial charge in [-0.15, -0.1) is 0 Å². The third-order valence-corrected chi connectivity index (χ3v) is 5.43. The van der Waals surface area contributed by atoms with E-state index >= 15 is 0 Å². The van der Waals surface area contributed by atoms with Crippen molar-refractivity contribution in [1.29, 1.82) is 0 Å². The van der Waals surface area contributed by atoms with Crippen molar-refractivity contribution >= 4 is 44.8 Å². The van der Waals surface area contributed by atoms with Gasteiger partial charge in [-0.2, -0.15) is 4.31 Å². The summed E-state index contributed by atoms with van der Waals surface area (Å²) < 4.78 is 24.8. The van der Waals surface area contributed by atoms with Gasteiger partial charge < -0.3 is 5.32 Å². The van der Waals surface area contributed by atoms with Crippen LogP contribution < -0.4 is 5.32 Å². The van der Waals surface area contributed by atoms with Gasteiger partial charge >= 0.3 is 0 Å². The molecule has 0 fully saturated rings. The van der Waals surface area contributed by atoms with Crippen molar-refractivity contribution in [2.45, 2.75) is 6.04 Å². The van der Waals surface area contributed by atoms with E-state index in [1.54, 1.807) is 42.5 Å². The van der Waals surface area contributed by atoms with Crippen molar-refractivity contribution in [3.05, 3.63) is 64.1 Å². The van der Waals surface area contributed by atoms with Crippen molar-refractivity contribution in [2.75, 3.05) is 18.6 Å². The minimum Gasteiger partial charge on any atom is -0.324 e. The van der Waals surface area contributed by atoms with Crippen LogP contribution in [0.15, 0.2) is 48.5 Å². The standard InChI is InChI=1S/C16H16Cl2N2O3S/c1-20(24(2,22)23)15(11-6-4-3-5-7-11)16(21)19-12-8-9-13(17)14(18)10-12/h3-10,15H,1-2H3,(H,19,21)/t15-/m0/s1. The fraction of sp³-hybridized carbons (Fsp3) is 0.188. The van der Waals surface area contributed by atoms with Crippen molar-refractivity contribution in [3.8, 4) is 0 Å². The molecule has 2 aromatic carbocycles. The molecule has 24 heavy (non-hydrogen) atoms. The first-order chi connectivity index (χ1) is 11.2. The van der Waals surface area contributed by atoms with Gasteiger partial charge in [0.15, 0.2) is 0 Å². The fourth-order valence-electron chi connectivity index (χ4n) is 2.14. The second kappa shape index (κ2) is 7.53. The SMILES string of the molecule is CN([C@H](C(=O)Nc1ccc(Cl)c(Cl)c1)c1ccccc1)S(C)(=O)=O. The number of likely N-dealkylation sites (N-methyl/N-ethyl adjacent to an activating group) is 1. The number of carbonyl (C=O) groups excluding carboxylic acids is 1. The van der Waals surface area contributed by atoms with Crippen LogP contribution in [0.25, 0.3) is 0 Å². The van der Waals surface area contributed by atoms with E-state index in [4.69, 9.17) is 23.2 Å². The molecule has 1 atom stereocenters. The first kappa shape index (κ1) is 18.7. The molecule has 0 bridgehead atoms. The Bertz CT molecular complexity index is 842. The normalized spacial score (nSPS) is 12.9. The van der Waals surface area contributed by atoms with E-state index in [2.05, 4.69) is 5.32 Å². The number of nitrogens with one attached hydrogen (secondary N) is 1. The number of hydrogen-bond donors (Lipinski definition) is 1. The van der Waals surface area contributed by atoms with E-state index in [1.165, 1.54) is 13.1 Å². The summed E-state index contributed by atoms with van der Waals surface area (Å²) in [5.41, 5.74) is 0.986. The second-order valence-electron chi connectivity index (χ2n) is 5.21. The van der Waals surface area contributed by atoms with Crippen LogP contribution in [0.2, 0.25) is 10.0 Å². The number of halogens is 2. The molecular formula is C16H16Cl2N2O3S. The topological polar surface area (TPSA) is 66.5 Å². The van der Waals surface area contributed by atoms with E-state index in [0.717, 1.165) is 10.6 Å². The number of anilines is 1. The first-order valence-corrected chi connectivity index (χ1v) is 9.54. The zero-order valence-electron chi connectivity index (χ0n) is 13.0. The summed E-state index contributed by atoms with van der Waals surface area (Å²) in [6.07, 6.45) is 1.05. The van der Waals surface area contributed by atoms with Gasteiger partial charge in [0.05, 0.1) is 16.3 Å². The van der Waals surface area contributed by atoms with Crippen LogP contribution in [0.4, 0.5) is 5.69 Å². The highest BCUT2D eigenvalue weighted by Crippen LogP contribution is 2.27. The Morgan fingerprint density at radius 3 is 2.25 bits per heavy atom. The Hall–Kier alpha value is -1.60. The zero-order valence-corrected chi connectivity index (χ0v) is 15.4. The van der Waals surface area contributed by atoms with Crippen LogP contribution in [0.3, 0.4) is 0 Å². The monoisotopic (exact) mass is 386 g/mol. The number of amides is 1. The Balaban J connectivity index is 2.36. The van der Waals surface area contributed by atoms with Crippen LogP contribution in [0.1, 0.15) is 11.6 Å². The molecule has 128 valence electrons. The zero-order chi connectivity index (χ0) is 17.9. The lowest BCUT2D eigenvalue weighted by Gasteiger charge is -2.25. The Labute approximate surface area is 151 Å². The van der Waals surface area contributed by atoms with E-state index in [-0.39, 0.29) is 0 Å². The molecule has 8 heteroatoms. The summed E-state index contributed by atoms with van der Waals surface area (Å²) in [6.45, 7) is 0. The lowest BCUT2D eigenvalue weighted by atomic mass is 10.1. The Kier molecular flexibility index (Phi) is 5.87. The summed E-state index contributed by atoms with van der Waals surface area (Å²) >= 11 is 11.8. The maximum Gasteiger partial charge on any atom is 0.247 e. The molecule has 1 amide bonds. The van der Waals surface area contributed by atoms with E-state index < -0.39 is 22.0 Å². The fourth-order valence-corrected chi connectivity index (χ4v) is 3.04. The van der Waals surface area contributed by atoms with Crippen molar-refractivity contribution in [2.24, 2.45) is 0 Å². The number of carbonyl (C=O) groups is 1. The minimum atomic E-state index is -3.58. The van der Waals surface area contributed by atoms with Gasteiger partial charge in [-0.05, 0) is 23.8 Å². The highest BCUT2D eigenvalue weighted by Gasteiger charge is 2.30. The third kappa shape index (κ3) is 4.48. The molecule has 2 aromatic rings. The van der Waals surface area contributed by atoms with Gasteiger partial charge in [-0.1, -0.05) is 53.5 Å². The maximum absolute atomic E-state index is 12.7. The van der Waals surface area contributed by atoms with Gasteiger partial charge in [0.2, 0.25) is 15.9 Å². The number of nitrogens with zero attached hydrogens (tertiary/aromatic N) is 1. The smallest absolute Gasteiger partial charge is 0.247 e. The molecule has 2 rings (SSSR count). The van der Waals surface area contributed by atoms with Gasteiger partial charge in [0, 0.05) is 12.7 Å². The van der Waals surface area contributed by atoms with Crippen molar-refractivity contribution in [1.82, 2.24) is 4.31 Å². The number of rotatable bonds is 5. The molecular weight excluding hydrogens is 371 g/mol. The Morgan fingerprint density at radius 1 is 1.08 bits per heavy atom. The van der Waals surface area contributed by atoms with Crippen LogP contribution in [0.5, 0.6) is 0 Å². The average Bonchev–Trinajstić information content (AvgIpc) is 2.51. The number of benzene rings is 2. The molecule has 0 heterocycles. The van der Waals surface area contributed by atoms with Gasteiger partial charge in [-0.3, -0.25) is 4.79 Å².